The average Bonchev–Trinajstić information content (AvgIpc) is 2.83. The minimum absolute atomic E-state index is 0.0593. The highest BCUT2D eigenvalue weighted by Gasteiger charge is 2.26. The van der Waals surface area contributed by atoms with Gasteiger partial charge in [0.1, 0.15) is 5.82 Å². The molecule has 1 N–H and O–H groups in total. The largest absolute Gasteiger partial charge is 0.303 e. The second-order valence-corrected chi connectivity index (χ2v) is 6.15. The van der Waals surface area contributed by atoms with Gasteiger partial charge in [-0.25, -0.2) is 4.39 Å². The van der Waals surface area contributed by atoms with Gasteiger partial charge in [-0.05, 0) is 61.9 Å². The first-order chi connectivity index (χ1) is 10.1. The fraction of sp³-hybridized carbons (Fsp3) is 0.368. The Kier molecular flexibility index (Phi) is 3.81. The normalized spacial score (nSPS) is 18.6. The van der Waals surface area contributed by atoms with Crippen molar-refractivity contribution in [1.29, 1.82) is 0 Å². The maximum absolute atomic E-state index is 13.8. The van der Waals surface area contributed by atoms with Crippen LogP contribution < -0.4 is 5.32 Å². The van der Waals surface area contributed by atoms with Crippen molar-refractivity contribution >= 4 is 0 Å². The molecule has 1 aliphatic carbocycles. The van der Waals surface area contributed by atoms with Crippen LogP contribution >= 0.6 is 0 Å². The highest BCUT2D eigenvalue weighted by molar-refractivity contribution is 5.37. The van der Waals surface area contributed by atoms with E-state index < -0.39 is 0 Å². The Bertz CT molecular complexity index is 663. The second-order valence-electron chi connectivity index (χ2n) is 6.15. The van der Waals surface area contributed by atoms with Gasteiger partial charge in [0.25, 0.3) is 0 Å². The van der Waals surface area contributed by atoms with Crippen LogP contribution in [0, 0.1) is 19.7 Å². The Balaban J connectivity index is 1.81. The van der Waals surface area contributed by atoms with Crippen LogP contribution in [-0.4, -0.2) is 0 Å². The maximum atomic E-state index is 13.8. The zero-order valence-electron chi connectivity index (χ0n) is 12.9. The Labute approximate surface area is 126 Å². The van der Waals surface area contributed by atoms with E-state index in [1.165, 1.54) is 16.7 Å². The lowest BCUT2D eigenvalue weighted by Crippen LogP contribution is -2.23. The second kappa shape index (κ2) is 5.61. The van der Waals surface area contributed by atoms with Crippen LogP contribution in [-0.2, 0) is 6.42 Å². The van der Waals surface area contributed by atoms with Crippen LogP contribution in [0.25, 0.3) is 0 Å². The molecule has 0 amide bonds. The van der Waals surface area contributed by atoms with Crippen molar-refractivity contribution in [1.82, 2.24) is 5.32 Å². The van der Waals surface area contributed by atoms with Gasteiger partial charge in [0.05, 0.1) is 0 Å². The first kappa shape index (κ1) is 14.3. The Morgan fingerprint density at radius 2 is 2.00 bits per heavy atom. The lowest BCUT2D eigenvalue weighted by Gasteiger charge is -2.22. The van der Waals surface area contributed by atoms with E-state index in [-0.39, 0.29) is 17.9 Å². The Morgan fingerprint density at radius 3 is 2.76 bits per heavy atom. The summed E-state index contributed by atoms with van der Waals surface area (Å²) in [6, 6.07) is 12.5. The van der Waals surface area contributed by atoms with Crippen molar-refractivity contribution in [3.63, 3.8) is 0 Å². The standard InChI is InChI=1S/C19H22FN/c1-12-7-8-15(13(2)11-12)14(3)21-19-10-9-16-17(19)5-4-6-18(16)20/h4-8,11,14,19,21H,9-10H2,1-3H3. The van der Waals surface area contributed by atoms with Gasteiger partial charge in [-0.1, -0.05) is 35.9 Å². The van der Waals surface area contributed by atoms with E-state index in [0.717, 1.165) is 24.0 Å². The van der Waals surface area contributed by atoms with Crippen molar-refractivity contribution in [3.8, 4) is 0 Å². The minimum atomic E-state index is -0.0593. The molecule has 0 saturated heterocycles. The van der Waals surface area contributed by atoms with Gasteiger partial charge >= 0.3 is 0 Å². The van der Waals surface area contributed by atoms with E-state index >= 15 is 0 Å². The first-order valence-electron chi connectivity index (χ1n) is 7.66. The molecule has 0 aliphatic heterocycles. The molecular formula is C19H22FN. The predicted molar refractivity (Wildman–Crippen MR) is 84.9 cm³/mol. The number of aryl methyl sites for hydroxylation is 2. The van der Waals surface area contributed by atoms with Crippen LogP contribution in [0.5, 0.6) is 0 Å². The van der Waals surface area contributed by atoms with Gasteiger partial charge in [-0.3, -0.25) is 0 Å². The smallest absolute Gasteiger partial charge is 0.126 e. The van der Waals surface area contributed by atoms with Crippen molar-refractivity contribution < 1.29 is 4.39 Å². The van der Waals surface area contributed by atoms with Crippen molar-refractivity contribution in [2.75, 3.05) is 0 Å². The van der Waals surface area contributed by atoms with Crippen LogP contribution in [0.1, 0.15) is 53.2 Å². The van der Waals surface area contributed by atoms with E-state index in [2.05, 4.69) is 50.4 Å². The fourth-order valence-corrected chi connectivity index (χ4v) is 3.49. The van der Waals surface area contributed by atoms with E-state index in [0.29, 0.717) is 0 Å². The zero-order chi connectivity index (χ0) is 15.0. The molecule has 0 heterocycles. The molecule has 2 atom stereocenters. The minimum Gasteiger partial charge on any atom is -0.303 e. The molecule has 0 radical (unpaired) electrons. The third kappa shape index (κ3) is 2.73. The van der Waals surface area contributed by atoms with Crippen molar-refractivity contribution in [3.05, 3.63) is 70.0 Å². The summed E-state index contributed by atoms with van der Waals surface area (Å²) in [6.07, 6.45) is 1.81. The molecule has 0 aromatic heterocycles. The highest BCUT2D eigenvalue weighted by atomic mass is 19.1. The first-order valence-corrected chi connectivity index (χ1v) is 7.66. The van der Waals surface area contributed by atoms with Gasteiger partial charge in [-0.2, -0.15) is 0 Å². The Morgan fingerprint density at radius 1 is 1.19 bits per heavy atom. The van der Waals surface area contributed by atoms with Crippen LogP contribution in [0.4, 0.5) is 4.39 Å². The predicted octanol–water partition coefficient (Wildman–Crippen LogP) is 4.78. The number of hydrogen-bond acceptors (Lipinski definition) is 1. The van der Waals surface area contributed by atoms with E-state index in [1.807, 2.05) is 6.07 Å². The van der Waals surface area contributed by atoms with Gasteiger partial charge in [0.2, 0.25) is 0 Å². The molecule has 0 spiro atoms. The van der Waals surface area contributed by atoms with Gasteiger partial charge in [0.15, 0.2) is 0 Å². The topological polar surface area (TPSA) is 12.0 Å². The number of nitrogens with one attached hydrogen (secondary N) is 1. The third-order valence-corrected chi connectivity index (χ3v) is 4.56. The quantitative estimate of drug-likeness (QED) is 0.854. The summed E-state index contributed by atoms with van der Waals surface area (Å²) >= 11 is 0. The lowest BCUT2D eigenvalue weighted by atomic mass is 9.99. The molecule has 21 heavy (non-hydrogen) atoms. The van der Waals surface area contributed by atoms with E-state index in [4.69, 9.17) is 0 Å². The molecule has 3 rings (SSSR count). The van der Waals surface area contributed by atoms with Gasteiger partial charge < -0.3 is 5.32 Å². The van der Waals surface area contributed by atoms with Gasteiger partial charge in [-0.15, -0.1) is 0 Å². The molecular weight excluding hydrogens is 261 g/mol. The number of fused-ring (bicyclic) bond motifs is 1. The number of rotatable bonds is 3. The lowest BCUT2D eigenvalue weighted by molar-refractivity contribution is 0.464. The molecule has 2 aromatic rings. The maximum Gasteiger partial charge on any atom is 0.126 e. The average molecular weight is 283 g/mol. The number of halogens is 1. The summed E-state index contributed by atoms with van der Waals surface area (Å²) in [5.74, 6) is -0.0593. The van der Waals surface area contributed by atoms with Gasteiger partial charge in [0, 0.05) is 12.1 Å². The number of benzene rings is 2. The zero-order valence-corrected chi connectivity index (χ0v) is 12.9. The molecule has 110 valence electrons. The molecule has 2 aromatic carbocycles. The van der Waals surface area contributed by atoms with Crippen LogP contribution in [0.2, 0.25) is 0 Å². The summed E-state index contributed by atoms with van der Waals surface area (Å²) in [5.41, 5.74) is 5.95. The van der Waals surface area contributed by atoms with E-state index in [9.17, 15) is 4.39 Å². The summed E-state index contributed by atoms with van der Waals surface area (Å²) in [4.78, 5) is 0. The molecule has 2 heteroatoms. The monoisotopic (exact) mass is 283 g/mol. The van der Waals surface area contributed by atoms with Crippen LogP contribution in [0.3, 0.4) is 0 Å². The molecule has 0 fully saturated rings. The number of hydrogen-bond donors (Lipinski definition) is 1. The van der Waals surface area contributed by atoms with Crippen molar-refractivity contribution in [2.24, 2.45) is 0 Å². The van der Waals surface area contributed by atoms with Crippen molar-refractivity contribution in [2.45, 2.75) is 45.7 Å². The summed E-state index contributed by atoms with van der Waals surface area (Å²) in [5, 5.41) is 3.67. The van der Waals surface area contributed by atoms with E-state index in [1.54, 1.807) is 6.07 Å². The SMILES string of the molecule is Cc1ccc(C(C)NC2CCc3c(F)cccc32)c(C)c1. The molecule has 0 bridgehead atoms. The summed E-state index contributed by atoms with van der Waals surface area (Å²) in [7, 11) is 0. The fourth-order valence-electron chi connectivity index (χ4n) is 3.49. The highest BCUT2D eigenvalue weighted by Crippen LogP contribution is 2.34. The Hall–Kier alpha value is -1.67. The molecule has 1 aliphatic rings. The third-order valence-electron chi connectivity index (χ3n) is 4.56. The molecule has 1 nitrogen and oxygen atoms in total. The molecule has 2 unspecified atom stereocenters. The summed E-state index contributed by atoms with van der Waals surface area (Å²) in [6.45, 7) is 6.46. The summed E-state index contributed by atoms with van der Waals surface area (Å²) < 4.78 is 13.8. The van der Waals surface area contributed by atoms with Crippen LogP contribution in [0.15, 0.2) is 36.4 Å². The molecule has 0 saturated carbocycles.